The molecule has 3 rings (SSSR count). The van der Waals surface area contributed by atoms with Crippen molar-refractivity contribution in [3.63, 3.8) is 0 Å². The van der Waals surface area contributed by atoms with E-state index >= 15 is 0 Å². The third-order valence-electron chi connectivity index (χ3n) is 4.04. The zero-order valence-electron chi connectivity index (χ0n) is 14.6. The summed E-state index contributed by atoms with van der Waals surface area (Å²) in [4.78, 5) is 0.265. The lowest BCUT2D eigenvalue weighted by Crippen LogP contribution is -2.24. The number of nitrogens with one attached hydrogen (secondary N) is 1. The van der Waals surface area contributed by atoms with Crippen molar-refractivity contribution in [3.8, 4) is 5.75 Å². The van der Waals surface area contributed by atoms with Crippen LogP contribution in [-0.2, 0) is 23.2 Å². The molecule has 0 amide bonds. The molecule has 0 atom stereocenters. The quantitative estimate of drug-likeness (QED) is 0.685. The molecule has 0 aromatic heterocycles. The van der Waals surface area contributed by atoms with Gasteiger partial charge < -0.3 is 4.74 Å². The maximum absolute atomic E-state index is 12.5. The van der Waals surface area contributed by atoms with Crippen molar-refractivity contribution in [1.82, 2.24) is 4.72 Å². The molecular weight excluding hydrogens is 346 g/mol. The first-order valence-corrected chi connectivity index (χ1v) is 9.84. The highest BCUT2D eigenvalue weighted by Gasteiger charge is 2.14. The molecule has 0 saturated heterocycles. The Morgan fingerprint density at radius 2 is 1.42 bits per heavy atom. The number of para-hydroxylation sites is 1. The van der Waals surface area contributed by atoms with Gasteiger partial charge in [0.05, 0.1) is 4.90 Å². The van der Waals surface area contributed by atoms with Crippen LogP contribution in [0.4, 0.5) is 0 Å². The number of rotatable bonds is 7. The summed E-state index contributed by atoms with van der Waals surface area (Å²) in [6, 6.07) is 24.0. The van der Waals surface area contributed by atoms with Crippen LogP contribution in [0, 0.1) is 6.92 Å². The van der Waals surface area contributed by atoms with Crippen LogP contribution in [0.3, 0.4) is 0 Å². The van der Waals surface area contributed by atoms with Crippen LogP contribution in [0.1, 0.15) is 16.7 Å². The molecule has 0 heterocycles. The second kappa shape index (κ2) is 8.17. The highest BCUT2D eigenvalue weighted by Crippen LogP contribution is 2.16. The van der Waals surface area contributed by atoms with E-state index in [0.29, 0.717) is 6.61 Å². The summed E-state index contributed by atoms with van der Waals surface area (Å²) in [5.41, 5.74) is 2.86. The van der Waals surface area contributed by atoms with Crippen molar-refractivity contribution < 1.29 is 13.2 Å². The molecule has 134 valence electrons. The minimum atomic E-state index is -3.55. The molecule has 3 aromatic rings. The van der Waals surface area contributed by atoms with E-state index in [1.165, 1.54) is 0 Å². The summed E-state index contributed by atoms with van der Waals surface area (Å²) in [5, 5.41) is 0. The van der Waals surface area contributed by atoms with Crippen molar-refractivity contribution in [2.75, 3.05) is 0 Å². The van der Waals surface area contributed by atoms with Gasteiger partial charge in [0.25, 0.3) is 0 Å². The molecule has 0 saturated carbocycles. The van der Waals surface area contributed by atoms with Gasteiger partial charge in [-0.15, -0.1) is 0 Å². The van der Waals surface area contributed by atoms with Gasteiger partial charge in [-0.1, -0.05) is 60.2 Å². The maximum atomic E-state index is 12.5. The van der Waals surface area contributed by atoms with Crippen LogP contribution in [0.25, 0.3) is 0 Å². The number of hydrogen-bond acceptors (Lipinski definition) is 3. The molecule has 5 heteroatoms. The Balaban J connectivity index is 1.69. The molecule has 0 unspecified atom stereocenters. The Morgan fingerprint density at radius 3 is 2.12 bits per heavy atom. The van der Waals surface area contributed by atoms with Crippen molar-refractivity contribution in [1.29, 1.82) is 0 Å². The van der Waals surface area contributed by atoms with Gasteiger partial charge in [0.1, 0.15) is 12.4 Å². The van der Waals surface area contributed by atoms with Gasteiger partial charge in [0, 0.05) is 6.54 Å². The molecule has 0 aliphatic carbocycles. The minimum Gasteiger partial charge on any atom is -0.489 e. The largest absolute Gasteiger partial charge is 0.489 e. The van der Waals surface area contributed by atoms with Gasteiger partial charge in [-0.25, -0.2) is 13.1 Å². The SMILES string of the molecule is Cc1ccc(S(=O)(=O)NCc2ccccc2COc2ccccc2)cc1. The van der Waals surface area contributed by atoms with Crippen LogP contribution in [0.15, 0.2) is 83.8 Å². The number of sulfonamides is 1. The lowest BCUT2D eigenvalue weighted by Gasteiger charge is -2.12. The highest BCUT2D eigenvalue weighted by atomic mass is 32.2. The van der Waals surface area contributed by atoms with Gasteiger partial charge in [-0.3, -0.25) is 0 Å². The third kappa shape index (κ3) is 4.71. The third-order valence-corrected chi connectivity index (χ3v) is 5.46. The normalized spacial score (nSPS) is 11.3. The van der Waals surface area contributed by atoms with Crippen LogP contribution in [0.5, 0.6) is 5.75 Å². The summed E-state index contributed by atoms with van der Waals surface area (Å²) < 4.78 is 33.4. The van der Waals surface area contributed by atoms with Crippen LogP contribution >= 0.6 is 0 Å². The Hall–Kier alpha value is -2.63. The number of aryl methyl sites for hydroxylation is 1. The summed E-state index contributed by atoms with van der Waals surface area (Å²) in [6.07, 6.45) is 0. The number of ether oxygens (including phenoxy) is 1. The van der Waals surface area contributed by atoms with Crippen LogP contribution in [-0.4, -0.2) is 8.42 Å². The predicted octanol–water partition coefficient (Wildman–Crippen LogP) is 4.05. The molecule has 1 N–H and O–H groups in total. The van der Waals surface area contributed by atoms with E-state index in [1.807, 2.05) is 61.5 Å². The first kappa shape index (κ1) is 18.2. The summed E-state index contributed by atoms with van der Waals surface area (Å²) in [7, 11) is -3.55. The van der Waals surface area contributed by atoms with Gasteiger partial charge >= 0.3 is 0 Å². The molecule has 0 radical (unpaired) electrons. The lowest BCUT2D eigenvalue weighted by molar-refractivity contribution is 0.305. The standard InChI is InChI=1S/C21H21NO3S/c1-17-11-13-21(14-12-17)26(23,24)22-15-18-7-5-6-8-19(18)16-25-20-9-3-2-4-10-20/h2-14,22H,15-16H2,1H3. The van der Waals surface area contributed by atoms with E-state index in [-0.39, 0.29) is 11.4 Å². The van der Waals surface area contributed by atoms with E-state index in [9.17, 15) is 8.42 Å². The molecule has 4 nitrogen and oxygen atoms in total. The molecule has 0 fully saturated rings. The lowest BCUT2D eigenvalue weighted by atomic mass is 10.1. The van der Waals surface area contributed by atoms with Crippen molar-refractivity contribution in [3.05, 3.63) is 95.6 Å². The Morgan fingerprint density at radius 1 is 0.808 bits per heavy atom. The maximum Gasteiger partial charge on any atom is 0.240 e. The minimum absolute atomic E-state index is 0.213. The fourth-order valence-corrected chi connectivity index (χ4v) is 3.53. The summed E-state index contributed by atoms with van der Waals surface area (Å²) in [6.45, 7) is 2.52. The smallest absolute Gasteiger partial charge is 0.240 e. The fraction of sp³-hybridized carbons (Fsp3) is 0.143. The van der Waals surface area contributed by atoms with Gasteiger partial charge in [0.15, 0.2) is 0 Å². The molecule has 0 bridgehead atoms. The zero-order chi connectivity index (χ0) is 18.4. The average Bonchev–Trinajstić information content (AvgIpc) is 2.66. The van der Waals surface area contributed by atoms with Crippen molar-refractivity contribution >= 4 is 10.0 Å². The Labute approximate surface area is 154 Å². The van der Waals surface area contributed by atoms with E-state index in [2.05, 4.69) is 4.72 Å². The summed E-state index contributed by atoms with van der Waals surface area (Å²) in [5.74, 6) is 0.780. The van der Waals surface area contributed by atoms with E-state index in [4.69, 9.17) is 4.74 Å². The molecule has 0 aliphatic rings. The van der Waals surface area contributed by atoms with Crippen molar-refractivity contribution in [2.45, 2.75) is 25.0 Å². The van der Waals surface area contributed by atoms with Gasteiger partial charge in [-0.05, 0) is 42.3 Å². The Kier molecular flexibility index (Phi) is 5.71. The first-order chi connectivity index (χ1) is 12.5. The molecule has 0 aliphatic heterocycles. The molecule has 3 aromatic carbocycles. The van der Waals surface area contributed by atoms with Crippen LogP contribution in [0.2, 0.25) is 0 Å². The predicted molar refractivity (Wildman–Crippen MR) is 102 cm³/mol. The van der Waals surface area contributed by atoms with Gasteiger partial charge in [0.2, 0.25) is 10.0 Å². The van der Waals surface area contributed by atoms with Gasteiger partial charge in [-0.2, -0.15) is 0 Å². The summed E-state index contributed by atoms with van der Waals surface area (Å²) >= 11 is 0. The zero-order valence-corrected chi connectivity index (χ0v) is 15.4. The van der Waals surface area contributed by atoms with Crippen LogP contribution < -0.4 is 9.46 Å². The number of benzene rings is 3. The van der Waals surface area contributed by atoms with E-state index in [0.717, 1.165) is 22.4 Å². The highest BCUT2D eigenvalue weighted by molar-refractivity contribution is 7.89. The monoisotopic (exact) mass is 367 g/mol. The fourth-order valence-electron chi connectivity index (χ4n) is 2.52. The topological polar surface area (TPSA) is 55.4 Å². The molecule has 0 spiro atoms. The average molecular weight is 367 g/mol. The molecule has 26 heavy (non-hydrogen) atoms. The van der Waals surface area contributed by atoms with E-state index < -0.39 is 10.0 Å². The van der Waals surface area contributed by atoms with Crippen molar-refractivity contribution in [2.24, 2.45) is 0 Å². The number of hydrogen-bond donors (Lipinski definition) is 1. The van der Waals surface area contributed by atoms with E-state index in [1.54, 1.807) is 24.3 Å². The molecular formula is C21H21NO3S. The second-order valence-corrected chi connectivity index (χ2v) is 7.77. The Bertz CT molecular complexity index is 952. The first-order valence-electron chi connectivity index (χ1n) is 8.35. The second-order valence-electron chi connectivity index (χ2n) is 6.01.